The van der Waals surface area contributed by atoms with E-state index in [2.05, 4.69) is 52.2 Å². The Kier molecular flexibility index (Phi) is 29.5. The molecule has 0 radical (unpaired) electrons. The second-order valence-corrected chi connectivity index (χ2v) is 17.2. The minimum atomic E-state index is -1.35. The lowest BCUT2D eigenvalue weighted by molar-refractivity contribution is -0.142. The Labute approximate surface area is 422 Å². The molecule has 0 bridgehead atoms. The standard InChI is InChI=1S/C42H77N19O12/c1-22(55-33(66)24(44)14-15-31(63)64)32(65)58-27(12-7-19-53-42(49)50)36(69)59-26(11-6-18-52-41(47)48)34(67)56-23(2)38(71)61-20-8-13-29(61)37(70)54-21-30(62)57-25(10-5-17-51-40(45)46)35(68)60-28(39(72)73)9-3-4-16-43/h22-29H,3-21,43-44H2,1-2H3,(H,54,70)(H,55,66)(H,56,67)(H,57,62)(H,58,65)(H,59,69)(H,60,68)(H,63,64)(H,72,73)(H4,45,46,51)(H4,47,48,52)(H4,49,50,53)/t22-,23-,24-,25-,26-,27-,28-,29-/m0/s1. The topological polar surface area (TPSA) is 544 Å². The molecule has 1 rings (SSSR count). The van der Waals surface area contributed by atoms with Crippen molar-refractivity contribution >= 4 is 77.1 Å². The van der Waals surface area contributed by atoms with Gasteiger partial charge in [0.1, 0.15) is 42.3 Å². The Morgan fingerprint density at radius 3 is 1.51 bits per heavy atom. The molecule has 412 valence electrons. The number of aliphatic carboxylic acids is 2. The molecule has 1 aliphatic rings. The summed E-state index contributed by atoms with van der Waals surface area (Å²) in [5, 5.41) is 36.0. The minimum Gasteiger partial charge on any atom is -0.481 e. The largest absolute Gasteiger partial charge is 0.481 e. The maximum Gasteiger partial charge on any atom is 0.326 e. The van der Waals surface area contributed by atoms with E-state index in [9.17, 15) is 53.1 Å². The van der Waals surface area contributed by atoms with Gasteiger partial charge in [0.05, 0.1) is 12.6 Å². The van der Waals surface area contributed by atoms with Crippen LogP contribution in [0.1, 0.15) is 97.3 Å². The number of hydrogen-bond donors (Lipinski definition) is 17. The first kappa shape index (κ1) is 63.4. The molecule has 73 heavy (non-hydrogen) atoms. The SMILES string of the molecule is C[C@H](NC(=O)[C@@H](N)CCC(=O)O)C(=O)N[C@@H](CCCN=C(N)N)C(=O)N[C@@H](CCCN=C(N)N)C(=O)N[C@@H](C)C(=O)N1CCC[C@H]1C(=O)NCC(=O)N[C@@H](CCCN=C(N)N)C(=O)N[C@@H](CCCCN)C(=O)O. The quantitative estimate of drug-likeness (QED) is 0.0159. The lowest BCUT2D eigenvalue weighted by Gasteiger charge is -2.29. The Morgan fingerprint density at radius 2 is 1.03 bits per heavy atom. The smallest absolute Gasteiger partial charge is 0.326 e. The van der Waals surface area contributed by atoms with E-state index in [0.29, 0.717) is 25.8 Å². The third kappa shape index (κ3) is 25.9. The number of rotatable bonds is 35. The normalized spacial score (nSPS) is 15.7. The zero-order chi connectivity index (χ0) is 55.2. The summed E-state index contributed by atoms with van der Waals surface area (Å²) in [4.78, 5) is 143. The highest BCUT2D eigenvalue weighted by Gasteiger charge is 2.38. The summed E-state index contributed by atoms with van der Waals surface area (Å²) in [5.41, 5.74) is 43.8. The van der Waals surface area contributed by atoms with Gasteiger partial charge >= 0.3 is 11.9 Å². The predicted molar refractivity (Wildman–Crippen MR) is 266 cm³/mol. The van der Waals surface area contributed by atoms with E-state index in [1.165, 1.54) is 18.7 Å². The van der Waals surface area contributed by atoms with Crippen molar-refractivity contribution in [2.75, 3.05) is 39.3 Å². The van der Waals surface area contributed by atoms with Crippen molar-refractivity contribution in [3.63, 3.8) is 0 Å². The number of aliphatic imine (C=N–C) groups is 3. The molecule has 8 atom stereocenters. The molecule has 1 saturated heterocycles. The number of carbonyl (C=O) groups is 10. The van der Waals surface area contributed by atoms with E-state index in [1.807, 2.05) is 0 Å². The number of hydrogen-bond acceptors (Lipinski definition) is 15. The highest BCUT2D eigenvalue weighted by molar-refractivity contribution is 5.97. The number of unbranched alkanes of at least 4 members (excludes halogenated alkanes) is 1. The Balaban J connectivity index is 3.18. The molecule has 0 aromatic carbocycles. The van der Waals surface area contributed by atoms with Crippen LogP contribution in [0.5, 0.6) is 0 Å². The van der Waals surface area contributed by atoms with Gasteiger partial charge in [-0.15, -0.1) is 0 Å². The molecule has 1 aliphatic heterocycles. The van der Waals surface area contributed by atoms with Crippen LogP contribution in [0.4, 0.5) is 0 Å². The number of carboxylic acid groups (broad SMARTS) is 2. The number of amides is 8. The molecule has 1 fully saturated rings. The molecule has 25 N–H and O–H groups in total. The van der Waals surface area contributed by atoms with Gasteiger partial charge in [-0.25, -0.2) is 4.79 Å². The molecule has 31 heteroatoms. The fraction of sp³-hybridized carbons (Fsp3) is 0.690. The lowest BCUT2D eigenvalue weighted by atomic mass is 10.1. The first-order valence-corrected chi connectivity index (χ1v) is 23.8. The van der Waals surface area contributed by atoms with E-state index in [1.54, 1.807) is 0 Å². The molecule has 0 aliphatic carbocycles. The highest BCUT2D eigenvalue weighted by atomic mass is 16.4. The number of likely N-dealkylation sites (tertiary alicyclic amines) is 1. The summed E-state index contributed by atoms with van der Waals surface area (Å²) < 4.78 is 0. The van der Waals surface area contributed by atoms with Gasteiger partial charge in [-0.3, -0.25) is 58.1 Å². The number of nitrogens with two attached hydrogens (primary N) is 8. The highest BCUT2D eigenvalue weighted by Crippen LogP contribution is 2.19. The Morgan fingerprint density at radius 1 is 0.575 bits per heavy atom. The van der Waals surface area contributed by atoms with Crippen molar-refractivity contribution in [1.82, 2.24) is 42.1 Å². The van der Waals surface area contributed by atoms with Crippen LogP contribution in [0.15, 0.2) is 15.0 Å². The average molecular weight is 1040 g/mol. The molecule has 0 unspecified atom stereocenters. The second kappa shape index (κ2) is 33.9. The summed E-state index contributed by atoms with van der Waals surface area (Å²) in [5.74, 6) is -9.43. The van der Waals surface area contributed by atoms with Gasteiger partial charge in [0.15, 0.2) is 17.9 Å². The van der Waals surface area contributed by atoms with Gasteiger partial charge in [0, 0.05) is 32.6 Å². The first-order chi connectivity index (χ1) is 34.4. The minimum absolute atomic E-state index is 0.000625. The van der Waals surface area contributed by atoms with E-state index in [-0.39, 0.29) is 102 Å². The molecule has 8 amide bonds. The van der Waals surface area contributed by atoms with E-state index in [0.717, 1.165) is 0 Å². The molecular weight excluding hydrogens is 963 g/mol. The molecule has 1 heterocycles. The van der Waals surface area contributed by atoms with E-state index >= 15 is 0 Å². The summed E-state index contributed by atoms with van der Waals surface area (Å²) in [6.07, 6.45) is 1.39. The van der Waals surface area contributed by atoms with Crippen LogP contribution >= 0.6 is 0 Å². The third-order valence-corrected chi connectivity index (χ3v) is 11.1. The summed E-state index contributed by atoms with van der Waals surface area (Å²) in [7, 11) is 0. The maximum atomic E-state index is 13.9. The van der Waals surface area contributed by atoms with Gasteiger partial charge < -0.3 is 98.2 Å². The van der Waals surface area contributed by atoms with Crippen molar-refractivity contribution in [2.24, 2.45) is 60.8 Å². The fourth-order valence-electron chi connectivity index (χ4n) is 7.16. The second-order valence-electron chi connectivity index (χ2n) is 17.2. The van der Waals surface area contributed by atoms with Crippen LogP contribution in [-0.2, 0) is 47.9 Å². The van der Waals surface area contributed by atoms with Gasteiger partial charge in [-0.2, -0.15) is 0 Å². The van der Waals surface area contributed by atoms with Crippen molar-refractivity contribution in [3.8, 4) is 0 Å². The lowest BCUT2D eigenvalue weighted by Crippen LogP contribution is -2.59. The molecular formula is C42H77N19O12. The van der Waals surface area contributed by atoms with Crippen LogP contribution < -0.4 is 83.1 Å². The van der Waals surface area contributed by atoms with Crippen LogP contribution in [0, 0.1) is 0 Å². The maximum absolute atomic E-state index is 13.9. The molecule has 0 spiro atoms. The Hall–Kier alpha value is -7.57. The van der Waals surface area contributed by atoms with Crippen molar-refractivity contribution in [2.45, 2.75) is 146 Å². The van der Waals surface area contributed by atoms with Crippen molar-refractivity contribution in [1.29, 1.82) is 0 Å². The summed E-state index contributed by atoms with van der Waals surface area (Å²) >= 11 is 0. The summed E-state index contributed by atoms with van der Waals surface area (Å²) in [6.45, 7) is 2.65. The average Bonchev–Trinajstić information content (AvgIpc) is 3.82. The van der Waals surface area contributed by atoms with Crippen LogP contribution in [-0.4, -0.2) is 180 Å². The van der Waals surface area contributed by atoms with E-state index < -0.39 is 120 Å². The van der Waals surface area contributed by atoms with Gasteiger partial charge in [0.2, 0.25) is 47.3 Å². The summed E-state index contributed by atoms with van der Waals surface area (Å²) in [6, 6.07) is -10.0. The molecule has 31 nitrogen and oxygen atoms in total. The predicted octanol–water partition coefficient (Wildman–Crippen LogP) is -7.39. The molecule has 0 aromatic rings. The van der Waals surface area contributed by atoms with Crippen molar-refractivity contribution in [3.05, 3.63) is 0 Å². The fourth-order valence-corrected chi connectivity index (χ4v) is 7.16. The first-order valence-electron chi connectivity index (χ1n) is 23.8. The number of nitrogens with one attached hydrogen (secondary N) is 7. The zero-order valence-electron chi connectivity index (χ0n) is 41.4. The van der Waals surface area contributed by atoms with Crippen LogP contribution in [0.2, 0.25) is 0 Å². The van der Waals surface area contributed by atoms with E-state index in [4.69, 9.17) is 51.0 Å². The third-order valence-electron chi connectivity index (χ3n) is 11.1. The van der Waals surface area contributed by atoms with Crippen LogP contribution in [0.3, 0.4) is 0 Å². The van der Waals surface area contributed by atoms with Gasteiger partial charge in [0.25, 0.3) is 0 Å². The Bertz CT molecular complexity index is 1980. The molecule has 0 saturated carbocycles. The molecule has 0 aromatic heterocycles. The monoisotopic (exact) mass is 1040 g/mol. The number of carbonyl (C=O) groups excluding carboxylic acids is 8. The number of carboxylic acids is 2. The van der Waals surface area contributed by atoms with Crippen LogP contribution in [0.25, 0.3) is 0 Å². The van der Waals surface area contributed by atoms with Gasteiger partial charge in [-0.05, 0) is 97.4 Å². The number of guanidine groups is 3. The van der Waals surface area contributed by atoms with Crippen molar-refractivity contribution < 1.29 is 58.2 Å². The number of nitrogens with zero attached hydrogens (tertiary/aromatic N) is 4. The van der Waals surface area contributed by atoms with Gasteiger partial charge in [-0.1, -0.05) is 0 Å². The zero-order valence-corrected chi connectivity index (χ0v) is 41.4.